The minimum Gasteiger partial charge on any atom is -0.370 e. The van der Waals surface area contributed by atoms with Gasteiger partial charge in [-0.1, -0.05) is 6.07 Å². The smallest absolute Gasteiger partial charge is 0.270 e. The molecule has 0 spiro atoms. The lowest BCUT2D eigenvalue weighted by atomic mass is 10.3. The number of hydrogen-bond donors (Lipinski definition) is 2. The Morgan fingerprint density at radius 1 is 1.25 bits per heavy atom. The molecule has 0 atom stereocenters. The second-order valence-corrected chi connectivity index (χ2v) is 4.22. The van der Waals surface area contributed by atoms with E-state index >= 15 is 0 Å². The van der Waals surface area contributed by atoms with Crippen LogP contribution in [0.25, 0.3) is 0 Å². The Bertz CT molecular complexity index is 600. The van der Waals surface area contributed by atoms with Gasteiger partial charge in [-0.3, -0.25) is 4.79 Å². The topological polar surface area (TPSA) is 79.8 Å². The lowest BCUT2D eigenvalue weighted by molar-refractivity contribution is 0.0945. The van der Waals surface area contributed by atoms with E-state index in [0.29, 0.717) is 23.9 Å². The maximum atomic E-state index is 12.0. The highest BCUT2D eigenvalue weighted by Gasteiger charge is 2.08. The van der Waals surface area contributed by atoms with E-state index < -0.39 is 0 Å². The monoisotopic (exact) mass is 271 g/mol. The third-order valence-corrected chi connectivity index (χ3v) is 2.60. The van der Waals surface area contributed by atoms with Gasteiger partial charge in [-0.2, -0.15) is 0 Å². The van der Waals surface area contributed by atoms with Crippen molar-refractivity contribution in [3.05, 3.63) is 47.7 Å². The Morgan fingerprint density at radius 3 is 2.85 bits per heavy atom. The molecule has 2 heterocycles. The van der Waals surface area contributed by atoms with E-state index in [9.17, 15) is 4.79 Å². The molecule has 0 aromatic carbocycles. The number of anilines is 1. The van der Waals surface area contributed by atoms with Crippen molar-refractivity contribution in [2.75, 3.05) is 11.9 Å². The second kappa shape index (κ2) is 6.60. The van der Waals surface area contributed by atoms with E-state index in [4.69, 9.17) is 0 Å². The van der Waals surface area contributed by atoms with Crippen molar-refractivity contribution in [2.24, 2.45) is 0 Å². The number of carbonyl (C=O) groups excluding carboxylic acids is 1. The summed E-state index contributed by atoms with van der Waals surface area (Å²) in [7, 11) is 0. The van der Waals surface area contributed by atoms with Gasteiger partial charge in [0.15, 0.2) is 0 Å². The molecule has 0 saturated heterocycles. The van der Waals surface area contributed by atoms with Crippen molar-refractivity contribution in [3.8, 4) is 0 Å². The summed E-state index contributed by atoms with van der Waals surface area (Å²) in [6, 6.07) is 7.08. The number of nitrogens with one attached hydrogen (secondary N) is 2. The van der Waals surface area contributed by atoms with E-state index in [1.54, 1.807) is 24.4 Å². The van der Waals surface area contributed by atoms with Crippen molar-refractivity contribution >= 4 is 11.7 Å². The molecule has 0 radical (unpaired) electrons. The van der Waals surface area contributed by atoms with Gasteiger partial charge in [0.2, 0.25) is 0 Å². The summed E-state index contributed by atoms with van der Waals surface area (Å²) in [6.45, 7) is 4.91. The van der Waals surface area contributed by atoms with Gasteiger partial charge < -0.3 is 10.6 Å². The number of aromatic nitrogens is 3. The van der Waals surface area contributed by atoms with E-state index in [0.717, 1.165) is 12.2 Å². The van der Waals surface area contributed by atoms with E-state index in [1.165, 1.54) is 0 Å². The first kappa shape index (κ1) is 13.9. The summed E-state index contributed by atoms with van der Waals surface area (Å²) in [5, 5.41) is 5.86. The number of pyridine rings is 1. The molecule has 1 amide bonds. The number of rotatable bonds is 5. The molecular formula is C14H17N5O. The summed E-state index contributed by atoms with van der Waals surface area (Å²) in [5.74, 6) is 1.16. The van der Waals surface area contributed by atoms with Crippen LogP contribution in [-0.2, 0) is 6.54 Å². The molecule has 2 aromatic heterocycles. The molecular weight excluding hydrogens is 254 g/mol. The summed E-state index contributed by atoms with van der Waals surface area (Å²) in [5.41, 5.74) is 1.16. The molecule has 0 aliphatic heterocycles. The molecule has 2 rings (SSSR count). The van der Waals surface area contributed by atoms with Gasteiger partial charge in [0.25, 0.3) is 5.91 Å². The van der Waals surface area contributed by atoms with Gasteiger partial charge in [0.05, 0.1) is 12.2 Å². The Morgan fingerprint density at radius 2 is 2.10 bits per heavy atom. The van der Waals surface area contributed by atoms with Crippen molar-refractivity contribution in [2.45, 2.75) is 20.4 Å². The average molecular weight is 271 g/mol. The lowest BCUT2D eigenvalue weighted by Gasteiger charge is -2.07. The zero-order valence-electron chi connectivity index (χ0n) is 11.6. The minimum absolute atomic E-state index is 0.221. The Kier molecular flexibility index (Phi) is 4.60. The van der Waals surface area contributed by atoms with Crippen LogP contribution in [-0.4, -0.2) is 27.4 Å². The molecule has 2 N–H and O–H groups in total. The first-order chi connectivity index (χ1) is 9.69. The summed E-state index contributed by atoms with van der Waals surface area (Å²) in [6.07, 6.45) is 1.67. The third-order valence-electron chi connectivity index (χ3n) is 2.60. The van der Waals surface area contributed by atoms with Crippen molar-refractivity contribution in [3.63, 3.8) is 0 Å². The highest BCUT2D eigenvalue weighted by Crippen LogP contribution is 2.04. The highest BCUT2D eigenvalue weighted by atomic mass is 16.1. The maximum Gasteiger partial charge on any atom is 0.270 e. The van der Waals surface area contributed by atoms with Crippen LogP contribution < -0.4 is 10.6 Å². The largest absolute Gasteiger partial charge is 0.370 e. The van der Waals surface area contributed by atoms with Crippen LogP contribution in [0.3, 0.4) is 0 Å². The molecule has 0 aliphatic rings. The van der Waals surface area contributed by atoms with Gasteiger partial charge in [0, 0.05) is 12.7 Å². The summed E-state index contributed by atoms with van der Waals surface area (Å²) < 4.78 is 0. The molecule has 0 unspecified atom stereocenters. The Labute approximate surface area is 117 Å². The minimum atomic E-state index is -0.221. The van der Waals surface area contributed by atoms with Crippen LogP contribution >= 0.6 is 0 Å². The SMILES string of the molecule is CCNc1cccc(C(=O)NCc2ccnc(C)n2)n1. The highest BCUT2D eigenvalue weighted by molar-refractivity contribution is 5.92. The Hall–Kier alpha value is -2.50. The number of carbonyl (C=O) groups is 1. The van der Waals surface area contributed by atoms with E-state index in [1.807, 2.05) is 19.9 Å². The predicted molar refractivity (Wildman–Crippen MR) is 76.3 cm³/mol. The first-order valence-corrected chi connectivity index (χ1v) is 6.46. The molecule has 20 heavy (non-hydrogen) atoms. The van der Waals surface area contributed by atoms with Gasteiger partial charge in [-0.15, -0.1) is 0 Å². The van der Waals surface area contributed by atoms with Crippen LogP contribution in [0, 0.1) is 6.92 Å². The van der Waals surface area contributed by atoms with Crippen LogP contribution in [0.5, 0.6) is 0 Å². The molecule has 6 heteroatoms. The number of amides is 1. The van der Waals surface area contributed by atoms with E-state index in [2.05, 4.69) is 25.6 Å². The average Bonchev–Trinajstić information content (AvgIpc) is 2.45. The van der Waals surface area contributed by atoms with Crippen LogP contribution in [0.1, 0.15) is 28.9 Å². The van der Waals surface area contributed by atoms with Crippen molar-refractivity contribution < 1.29 is 4.79 Å². The molecule has 0 saturated carbocycles. The summed E-state index contributed by atoms with van der Waals surface area (Å²) in [4.78, 5) is 24.5. The fraction of sp³-hybridized carbons (Fsp3) is 0.286. The third kappa shape index (κ3) is 3.74. The molecule has 0 bridgehead atoms. The maximum absolute atomic E-state index is 12.0. The fourth-order valence-electron chi connectivity index (χ4n) is 1.71. The van der Waals surface area contributed by atoms with Crippen LogP contribution in [0.15, 0.2) is 30.5 Å². The second-order valence-electron chi connectivity index (χ2n) is 4.22. The van der Waals surface area contributed by atoms with Crippen LogP contribution in [0.4, 0.5) is 5.82 Å². The molecule has 0 aliphatic carbocycles. The van der Waals surface area contributed by atoms with Gasteiger partial charge in [0.1, 0.15) is 17.3 Å². The van der Waals surface area contributed by atoms with Gasteiger partial charge in [-0.05, 0) is 32.0 Å². The van der Waals surface area contributed by atoms with E-state index in [-0.39, 0.29) is 5.91 Å². The zero-order valence-corrected chi connectivity index (χ0v) is 11.6. The molecule has 104 valence electrons. The van der Waals surface area contributed by atoms with Crippen molar-refractivity contribution in [1.29, 1.82) is 0 Å². The van der Waals surface area contributed by atoms with Crippen molar-refractivity contribution in [1.82, 2.24) is 20.3 Å². The quantitative estimate of drug-likeness (QED) is 0.862. The summed E-state index contributed by atoms with van der Waals surface area (Å²) >= 11 is 0. The van der Waals surface area contributed by atoms with Crippen LogP contribution in [0.2, 0.25) is 0 Å². The Balaban J connectivity index is 1.99. The lowest BCUT2D eigenvalue weighted by Crippen LogP contribution is -2.24. The number of hydrogen-bond acceptors (Lipinski definition) is 5. The number of nitrogens with zero attached hydrogens (tertiary/aromatic N) is 3. The fourth-order valence-corrected chi connectivity index (χ4v) is 1.71. The normalized spacial score (nSPS) is 10.1. The van der Waals surface area contributed by atoms with Gasteiger partial charge in [-0.25, -0.2) is 15.0 Å². The van der Waals surface area contributed by atoms with Gasteiger partial charge >= 0.3 is 0 Å². The molecule has 2 aromatic rings. The molecule has 6 nitrogen and oxygen atoms in total. The standard InChI is InChI=1S/C14H17N5O/c1-3-15-13-6-4-5-12(19-13)14(20)17-9-11-7-8-16-10(2)18-11/h4-8H,3,9H2,1-2H3,(H,15,19)(H,17,20). The molecule has 0 fully saturated rings. The zero-order chi connectivity index (χ0) is 14.4. The number of aryl methyl sites for hydroxylation is 1. The first-order valence-electron chi connectivity index (χ1n) is 6.46. The predicted octanol–water partition coefficient (Wildman–Crippen LogP) is 1.54.